The first-order valence-corrected chi connectivity index (χ1v) is 6.20. The SMILES string of the molecule is COC(=O)c1ccc(CNC2CCCC2)cc1. The number of hydrogen-bond donors (Lipinski definition) is 1. The first kappa shape index (κ1) is 12.1. The number of methoxy groups -OCH3 is 1. The Balaban J connectivity index is 1.87. The molecular weight excluding hydrogens is 214 g/mol. The van der Waals surface area contributed by atoms with Crippen molar-refractivity contribution in [1.29, 1.82) is 0 Å². The molecule has 0 saturated heterocycles. The van der Waals surface area contributed by atoms with Crippen LogP contribution in [0.25, 0.3) is 0 Å². The highest BCUT2D eigenvalue weighted by atomic mass is 16.5. The fourth-order valence-corrected chi connectivity index (χ4v) is 2.27. The van der Waals surface area contributed by atoms with Crippen molar-refractivity contribution in [2.24, 2.45) is 0 Å². The number of nitrogens with one attached hydrogen (secondary N) is 1. The van der Waals surface area contributed by atoms with E-state index < -0.39 is 0 Å². The Hall–Kier alpha value is -1.35. The van der Waals surface area contributed by atoms with Gasteiger partial charge in [-0.25, -0.2) is 4.79 Å². The summed E-state index contributed by atoms with van der Waals surface area (Å²) in [6.45, 7) is 0.881. The number of benzene rings is 1. The molecule has 0 bridgehead atoms. The Kier molecular flexibility index (Phi) is 4.15. The molecule has 0 unspecified atom stereocenters. The topological polar surface area (TPSA) is 38.3 Å². The van der Waals surface area contributed by atoms with E-state index in [2.05, 4.69) is 10.1 Å². The average Bonchev–Trinajstić information content (AvgIpc) is 2.89. The summed E-state index contributed by atoms with van der Waals surface area (Å²) in [6, 6.07) is 8.27. The van der Waals surface area contributed by atoms with Gasteiger partial charge in [0.05, 0.1) is 12.7 Å². The van der Waals surface area contributed by atoms with E-state index in [4.69, 9.17) is 0 Å². The highest BCUT2D eigenvalue weighted by Crippen LogP contribution is 2.18. The second kappa shape index (κ2) is 5.82. The average molecular weight is 233 g/mol. The number of hydrogen-bond acceptors (Lipinski definition) is 3. The molecule has 1 N–H and O–H groups in total. The molecule has 1 aliphatic carbocycles. The zero-order chi connectivity index (χ0) is 12.1. The lowest BCUT2D eigenvalue weighted by Crippen LogP contribution is -2.25. The van der Waals surface area contributed by atoms with Gasteiger partial charge in [0.25, 0.3) is 0 Å². The zero-order valence-electron chi connectivity index (χ0n) is 10.2. The van der Waals surface area contributed by atoms with Gasteiger partial charge in [-0.2, -0.15) is 0 Å². The summed E-state index contributed by atoms with van der Waals surface area (Å²) < 4.78 is 4.66. The van der Waals surface area contributed by atoms with Crippen molar-refractivity contribution in [3.63, 3.8) is 0 Å². The van der Waals surface area contributed by atoms with E-state index in [1.54, 1.807) is 0 Å². The molecule has 0 amide bonds. The smallest absolute Gasteiger partial charge is 0.337 e. The molecule has 17 heavy (non-hydrogen) atoms. The van der Waals surface area contributed by atoms with E-state index in [-0.39, 0.29) is 5.97 Å². The maximum absolute atomic E-state index is 11.3. The maximum Gasteiger partial charge on any atom is 0.337 e. The van der Waals surface area contributed by atoms with Crippen molar-refractivity contribution in [2.45, 2.75) is 38.3 Å². The van der Waals surface area contributed by atoms with Crippen LogP contribution in [0, 0.1) is 0 Å². The quantitative estimate of drug-likeness (QED) is 0.812. The minimum atomic E-state index is -0.277. The van der Waals surface area contributed by atoms with Gasteiger partial charge in [0, 0.05) is 12.6 Å². The van der Waals surface area contributed by atoms with Crippen molar-refractivity contribution < 1.29 is 9.53 Å². The van der Waals surface area contributed by atoms with Crippen molar-refractivity contribution in [2.75, 3.05) is 7.11 Å². The molecule has 1 aromatic rings. The number of carbonyl (C=O) groups is 1. The molecule has 2 rings (SSSR count). The second-order valence-electron chi connectivity index (χ2n) is 4.55. The first-order chi connectivity index (χ1) is 8.29. The fraction of sp³-hybridized carbons (Fsp3) is 0.500. The third kappa shape index (κ3) is 3.30. The van der Waals surface area contributed by atoms with Crippen LogP contribution in [0.3, 0.4) is 0 Å². The Morgan fingerprint density at radius 1 is 1.29 bits per heavy atom. The van der Waals surface area contributed by atoms with Gasteiger partial charge in [-0.15, -0.1) is 0 Å². The normalized spacial score (nSPS) is 16.1. The van der Waals surface area contributed by atoms with Crippen LogP contribution in [0.1, 0.15) is 41.6 Å². The lowest BCUT2D eigenvalue weighted by Gasteiger charge is -2.11. The summed E-state index contributed by atoms with van der Waals surface area (Å²) >= 11 is 0. The van der Waals surface area contributed by atoms with Gasteiger partial charge < -0.3 is 10.1 Å². The van der Waals surface area contributed by atoms with E-state index in [0.717, 1.165) is 6.54 Å². The molecule has 1 fully saturated rings. The Morgan fingerprint density at radius 3 is 2.53 bits per heavy atom. The summed E-state index contributed by atoms with van der Waals surface area (Å²) in [5, 5.41) is 3.54. The molecule has 3 nitrogen and oxygen atoms in total. The van der Waals surface area contributed by atoms with Crippen LogP contribution in [0.4, 0.5) is 0 Å². The zero-order valence-corrected chi connectivity index (χ0v) is 10.2. The second-order valence-corrected chi connectivity index (χ2v) is 4.55. The molecule has 0 radical (unpaired) electrons. The number of ether oxygens (including phenoxy) is 1. The van der Waals surface area contributed by atoms with Crippen LogP contribution in [0.15, 0.2) is 24.3 Å². The molecule has 1 saturated carbocycles. The molecule has 92 valence electrons. The van der Waals surface area contributed by atoms with Gasteiger partial charge in [-0.1, -0.05) is 25.0 Å². The van der Waals surface area contributed by atoms with Crippen molar-refractivity contribution in [1.82, 2.24) is 5.32 Å². The van der Waals surface area contributed by atoms with Crippen LogP contribution in [0.2, 0.25) is 0 Å². The van der Waals surface area contributed by atoms with E-state index in [0.29, 0.717) is 11.6 Å². The largest absolute Gasteiger partial charge is 0.465 e. The summed E-state index contributed by atoms with van der Waals surface area (Å²) in [5.74, 6) is -0.277. The molecule has 1 aliphatic rings. The lowest BCUT2D eigenvalue weighted by molar-refractivity contribution is 0.0600. The van der Waals surface area contributed by atoms with Gasteiger partial charge in [0.2, 0.25) is 0 Å². The van der Waals surface area contributed by atoms with Crippen molar-refractivity contribution in [3.05, 3.63) is 35.4 Å². The van der Waals surface area contributed by atoms with E-state index in [1.807, 2.05) is 24.3 Å². The minimum Gasteiger partial charge on any atom is -0.465 e. The fourth-order valence-electron chi connectivity index (χ4n) is 2.27. The predicted octanol–water partition coefficient (Wildman–Crippen LogP) is 2.51. The third-order valence-corrected chi connectivity index (χ3v) is 3.33. The molecule has 0 aromatic heterocycles. The number of carbonyl (C=O) groups excluding carboxylic acids is 1. The van der Waals surface area contributed by atoms with E-state index >= 15 is 0 Å². The Labute approximate surface area is 102 Å². The van der Waals surface area contributed by atoms with Gasteiger partial charge in [-0.05, 0) is 30.5 Å². The summed E-state index contributed by atoms with van der Waals surface area (Å²) in [5.41, 5.74) is 1.82. The molecule has 1 aromatic carbocycles. The standard InChI is InChI=1S/C14H19NO2/c1-17-14(16)12-8-6-11(7-9-12)10-15-13-4-2-3-5-13/h6-9,13,15H,2-5,10H2,1H3. The molecule has 0 aliphatic heterocycles. The molecule has 0 heterocycles. The van der Waals surface area contributed by atoms with E-state index in [9.17, 15) is 4.79 Å². The third-order valence-electron chi connectivity index (χ3n) is 3.33. The van der Waals surface area contributed by atoms with Crippen LogP contribution >= 0.6 is 0 Å². The lowest BCUT2D eigenvalue weighted by atomic mass is 10.1. The molecule has 3 heteroatoms. The van der Waals surface area contributed by atoms with Crippen LogP contribution < -0.4 is 5.32 Å². The number of rotatable bonds is 4. The van der Waals surface area contributed by atoms with Crippen LogP contribution in [-0.4, -0.2) is 19.1 Å². The van der Waals surface area contributed by atoms with Crippen LogP contribution in [0.5, 0.6) is 0 Å². The van der Waals surface area contributed by atoms with E-state index in [1.165, 1.54) is 38.4 Å². The van der Waals surface area contributed by atoms with Crippen molar-refractivity contribution >= 4 is 5.97 Å². The monoisotopic (exact) mass is 233 g/mol. The van der Waals surface area contributed by atoms with Gasteiger partial charge in [0.15, 0.2) is 0 Å². The summed E-state index contributed by atoms with van der Waals surface area (Å²) in [6.07, 6.45) is 5.28. The predicted molar refractivity (Wildman–Crippen MR) is 66.9 cm³/mol. The number of esters is 1. The summed E-state index contributed by atoms with van der Waals surface area (Å²) in [4.78, 5) is 11.3. The Bertz CT molecular complexity index is 366. The van der Waals surface area contributed by atoms with Gasteiger partial charge in [0.1, 0.15) is 0 Å². The van der Waals surface area contributed by atoms with Crippen LogP contribution in [-0.2, 0) is 11.3 Å². The van der Waals surface area contributed by atoms with Gasteiger partial charge >= 0.3 is 5.97 Å². The van der Waals surface area contributed by atoms with Gasteiger partial charge in [-0.3, -0.25) is 0 Å². The minimum absolute atomic E-state index is 0.277. The molecular formula is C14H19NO2. The first-order valence-electron chi connectivity index (χ1n) is 6.20. The van der Waals surface area contributed by atoms with Crippen molar-refractivity contribution in [3.8, 4) is 0 Å². The Morgan fingerprint density at radius 2 is 1.94 bits per heavy atom. The highest BCUT2D eigenvalue weighted by molar-refractivity contribution is 5.89. The molecule has 0 atom stereocenters. The maximum atomic E-state index is 11.3. The highest BCUT2D eigenvalue weighted by Gasteiger charge is 2.13. The molecule has 0 spiro atoms. The summed E-state index contributed by atoms with van der Waals surface area (Å²) in [7, 11) is 1.40.